The van der Waals surface area contributed by atoms with Crippen molar-refractivity contribution < 1.29 is 13.2 Å². The van der Waals surface area contributed by atoms with E-state index in [4.69, 9.17) is 5.73 Å². The van der Waals surface area contributed by atoms with E-state index in [0.29, 0.717) is 11.5 Å². The Morgan fingerprint density at radius 2 is 1.81 bits per heavy atom. The molecule has 1 spiro atoms. The average molecular weight is 428 g/mol. The van der Waals surface area contributed by atoms with Gasteiger partial charge in [0.1, 0.15) is 5.82 Å². The quantitative estimate of drug-likeness (QED) is 0.616. The molecular weight excluding hydrogens is 405 g/mol. The first-order valence-electron chi connectivity index (χ1n) is 10.3. The Bertz CT molecular complexity index is 1050. The molecule has 162 valence electrons. The van der Waals surface area contributed by atoms with Crippen molar-refractivity contribution in [2.75, 3.05) is 30.3 Å². The van der Waals surface area contributed by atoms with Crippen molar-refractivity contribution in [3.8, 4) is 11.3 Å². The van der Waals surface area contributed by atoms with E-state index in [1.165, 1.54) is 6.07 Å². The number of nitrogens with two attached hydrogens (primary N) is 1. The molecule has 1 saturated heterocycles. The summed E-state index contributed by atoms with van der Waals surface area (Å²) in [6, 6.07) is 10.3. The zero-order chi connectivity index (χ0) is 21.6. The molecule has 1 aliphatic carbocycles. The van der Waals surface area contributed by atoms with Crippen molar-refractivity contribution in [1.29, 1.82) is 0 Å². The fraction of sp³-hybridized carbons (Fsp3) is 0.364. The summed E-state index contributed by atoms with van der Waals surface area (Å²) >= 11 is 0. The van der Waals surface area contributed by atoms with Crippen molar-refractivity contribution in [3.05, 3.63) is 59.9 Å². The van der Waals surface area contributed by atoms with Crippen molar-refractivity contribution in [2.24, 2.45) is 0 Å². The van der Waals surface area contributed by atoms with Gasteiger partial charge in [0.05, 0.1) is 23.0 Å². The van der Waals surface area contributed by atoms with Crippen molar-refractivity contribution >= 4 is 11.5 Å². The maximum absolute atomic E-state index is 12.9. The molecule has 0 atom stereocenters. The molecule has 5 rings (SSSR count). The second-order valence-corrected chi connectivity index (χ2v) is 8.38. The molecule has 3 aromatic rings. The molecule has 2 aliphatic rings. The number of rotatable bonds is 4. The van der Waals surface area contributed by atoms with Crippen LogP contribution in [0.3, 0.4) is 0 Å². The van der Waals surface area contributed by atoms with Crippen LogP contribution >= 0.6 is 0 Å². The highest BCUT2D eigenvalue weighted by Crippen LogP contribution is 2.46. The third kappa shape index (κ3) is 3.85. The molecule has 2 aromatic heterocycles. The molecule has 0 amide bonds. The topological polar surface area (TPSA) is 74.1 Å². The molecule has 6 nitrogen and oxygen atoms in total. The second-order valence-electron chi connectivity index (χ2n) is 8.38. The highest BCUT2D eigenvalue weighted by molar-refractivity contribution is 5.64. The van der Waals surface area contributed by atoms with Crippen molar-refractivity contribution in [3.63, 3.8) is 0 Å². The van der Waals surface area contributed by atoms with Crippen LogP contribution in [-0.4, -0.2) is 45.3 Å². The number of piperazine rings is 1. The summed E-state index contributed by atoms with van der Waals surface area (Å²) < 4.78 is 38.6. The van der Waals surface area contributed by atoms with Crippen LogP contribution in [0.2, 0.25) is 0 Å². The van der Waals surface area contributed by atoms with Crippen molar-refractivity contribution in [1.82, 2.24) is 20.1 Å². The molecule has 0 unspecified atom stereocenters. The fourth-order valence-corrected chi connectivity index (χ4v) is 4.41. The fourth-order valence-electron chi connectivity index (χ4n) is 4.41. The normalized spacial score (nSPS) is 18.5. The number of nitrogens with zero attached hydrogens (tertiary/aromatic N) is 4. The molecule has 1 aliphatic heterocycles. The maximum Gasteiger partial charge on any atom is 0.417 e. The molecule has 31 heavy (non-hydrogen) atoms. The Morgan fingerprint density at radius 1 is 1.03 bits per heavy atom. The number of anilines is 2. The number of halogens is 3. The number of aromatic amines is 1. The maximum atomic E-state index is 12.9. The number of benzene rings is 1. The van der Waals surface area contributed by atoms with Crippen LogP contribution in [0.15, 0.2) is 48.8 Å². The van der Waals surface area contributed by atoms with Crippen LogP contribution in [-0.2, 0) is 12.7 Å². The highest BCUT2D eigenvalue weighted by Gasteiger charge is 2.51. The molecule has 0 radical (unpaired) electrons. The van der Waals surface area contributed by atoms with Gasteiger partial charge in [-0.15, -0.1) is 0 Å². The lowest BCUT2D eigenvalue weighted by Gasteiger charge is -2.43. The van der Waals surface area contributed by atoms with E-state index in [0.717, 1.165) is 68.1 Å². The van der Waals surface area contributed by atoms with Gasteiger partial charge in [-0.05, 0) is 37.1 Å². The van der Waals surface area contributed by atoms with Crippen LogP contribution < -0.4 is 10.6 Å². The van der Waals surface area contributed by atoms with E-state index in [1.54, 1.807) is 0 Å². The molecule has 9 heteroatoms. The molecule has 0 bridgehead atoms. The minimum absolute atomic E-state index is 0.0455. The summed E-state index contributed by atoms with van der Waals surface area (Å²) in [5.41, 5.74) is 8.89. The van der Waals surface area contributed by atoms with Gasteiger partial charge in [-0.3, -0.25) is 10.00 Å². The number of H-pyrrole nitrogens is 1. The van der Waals surface area contributed by atoms with Gasteiger partial charge in [-0.1, -0.05) is 12.1 Å². The lowest BCUT2D eigenvalue weighted by molar-refractivity contribution is -0.137. The van der Waals surface area contributed by atoms with Gasteiger partial charge in [-0.25, -0.2) is 4.98 Å². The predicted molar refractivity (Wildman–Crippen MR) is 112 cm³/mol. The van der Waals surface area contributed by atoms with E-state index in [2.05, 4.69) is 25.0 Å². The predicted octanol–water partition coefficient (Wildman–Crippen LogP) is 3.93. The largest absolute Gasteiger partial charge is 0.417 e. The van der Waals surface area contributed by atoms with Gasteiger partial charge in [0.2, 0.25) is 0 Å². The first-order chi connectivity index (χ1) is 14.8. The molecule has 2 fully saturated rings. The zero-order valence-electron chi connectivity index (χ0n) is 16.9. The number of aromatic nitrogens is 3. The van der Waals surface area contributed by atoms with Gasteiger partial charge < -0.3 is 10.6 Å². The van der Waals surface area contributed by atoms with E-state index >= 15 is 0 Å². The Kier molecular flexibility index (Phi) is 4.65. The second kappa shape index (κ2) is 7.26. The van der Waals surface area contributed by atoms with Gasteiger partial charge in [0.15, 0.2) is 0 Å². The SMILES string of the molecule is Nc1ccc(-c2[nH]ncc2CN2CCN(c3ccc(C(F)(F)F)cn3)C3(CC3)C2)cc1. The lowest BCUT2D eigenvalue weighted by Crippen LogP contribution is -2.55. The molecule has 3 N–H and O–H groups in total. The van der Waals surface area contributed by atoms with Gasteiger partial charge >= 0.3 is 6.18 Å². The summed E-state index contributed by atoms with van der Waals surface area (Å²) in [6.45, 7) is 3.14. The lowest BCUT2D eigenvalue weighted by atomic mass is 10.1. The highest BCUT2D eigenvalue weighted by atomic mass is 19.4. The van der Waals surface area contributed by atoms with E-state index in [-0.39, 0.29) is 5.54 Å². The summed E-state index contributed by atoms with van der Waals surface area (Å²) in [5.74, 6) is 0.621. The average Bonchev–Trinajstić information content (AvgIpc) is 3.34. The number of hydrogen-bond acceptors (Lipinski definition) is 5. The third-order valence-corrected chi connectivity index (χ3v) is 6.22. The van der Waals surface area contributed by atoms with Crippen LogP contribution in [0.5, 0.6) is 0 Å². The van der Waals surface area contributed by atoms with E-state index in [9.17, 15) is 13.2 Å². The van der Waals surface area contributed by atoms with Gasteiger partial charge in [-0.2, -0.15) is 18.3 Å². The first-order valence-corrected chi connectivity index (χ1v) is 10.3. The van der Waals surface area contributed by atoms with Crippen LogP contribution in [0.25, 0.3) is 11.3 Å². The minimum atomic E-state index is -4.37. The molecular formula is C22H23F3N6. The summed E-state index contributed by atoms with van der Waals surface area (Å²) in [4.78, 5) is 8.70. The molecule has 1 aromatic carbocycles. The van der Waals surface area contributed by atoms with E-state index < -0.39 is 11.7 Å². The smallest absolute Gasteiger partial charge is 0.399 e. The summed E-state index contributed by atoms with van der Waals surface area (Å²) in [6.07, 6.45) is 0.455. The molecule has 3 heterocycles. The van der Waals surface area contributed by atoms with Gasteiger partial charge in [0.25, 0.3) is 0 Å². The number of nitrogens with one attached hydrogen (secondary N) is 1. The zero-order valence-corrected chi connectivity index (χ0v) is 16.9. The Labute approximate surface area is 177 Å². The number of alkyl halides is 3. The summed E-state index contributed by atoms with van der Waals surface area (Å²) in [7, 11) is 0. The van der Waals surface area contributed by atoms with Crippen molar-refractivity contribution in [2.45, 2.75) is 31.1 Å². The number of hydrogen-bond donors (Lipinski definition) is 2. The van der Waals surface area contributed by atoms with Crippen LogP contribution in [0, 0.1) is 0 Å². The molecule has 1 saturated carbocycles. The minimum Gasteiger partial charge on any atom is -0.399 e. The number of pyridine rings is 1. The standard InChI is InChI=1S/C22H23F3N6/c23-22(24,25)17-3-6-19(27-12-17)31-10-9-30(14-21(31)7-8-21)13-16-11-28-29-20(16)15-1-4-18(26)5-2-15/h1-6,11-12H,7-10,13-14,26H2,(H,28,29). The monoisotopic (exact) mass is 428 g/mol. The summed E-state index contributed by atoms with van der Waals surface area (Å²) in [5, 5.41) is 7.32. The Morgan fingerprint density at radius 3 is 2.45 bits per heavy atom. The Balaban J connectivity index is 1.30. The first kappa shape index (κ1) is 19.9. The number of nitrogen functional groups attached to an aromatic ring is 1. The van der Waals surface area contributed by atoms with E-state index in [1.807, 2.05) is 30.5 Å². The van der Waals surface area contributed by atoms with Crippen LogP contribution in [0.1, 0.15) is 24.0 Å². The van der Waals surface area contributed by atoms with Crippen LogP contribution in [0.4, 0.5) is 24.7 Å². The Hall–Kier alpha value is -3.07. The van der Waals surface area contributed by atoms with Gasteiger partial charge in [0, 0.05) is 49.2 Å². The third-order valence-electron chi connectivity index (χ3n) is 6.22.